The molecule has 0 bridgehead atoms. The van der Waals surface area contributed by atoms with Gasteiger partial charge >= 0.3 is 0 Å². The van der Waals surface area contributed by atoms with Crippen molar-refractivity contribution in [2.45, 2.75) is 65.1 Å². The van der Waals surface area contributed by atoms with E-state index in [-0.39, 0.29) is 0 Å². The second-order valence-electron chi connectivity index (χ2n) is 7.96. The number of aromatic nitrogens is 3. The van der Waals surface area contributed by atoms with Gasteiger partial charge in [-0.25, -0.2) is 0 Å². The Morgan fingerprint density at radius 3 is 2.59 bits per heavy atom. The molecule has 0 saturated heterocycles. The van der Waals surface area contributed by atoms with E-state index in [0.29, 0.717) is 12.1 Å². The maximum absolute atomic E-state index is 4.59. The average molecular weight is 379 g/mol. The smallest absolute Gasteiger partial charge is 0.155 e. The Bertz CT molecular complexity index is 968. The fraction of sp³-hybridized carbons (Fsp3) is 0.455. The number of thiophene rings is 1. The Morgan fingerprint density at radius 1 is 1.11 bits per heavy atom. The van der Waals surface area contributed by atoms with Crippen LogP contribution in [-0.4, -0.2) is 25.7 Å². The van der Waals surface area contributed by atoms with Gasteiger partial charge in [-0.2, -0.15) is 0 Å². The van der Waals surface area contributed by atoms with E-state index in [0.717, 1.165) is 24.6 Å². The molecule has 3 heterocycles. The number of aryl methyl sites for hydroxylation is 2. The largest absolute Gasteiger partial charge is 0.286 e. The first-order valence-corrected chi connectivity index (χ1v) is 10.8. The summed E-state index contributed by atoms with van der Waals surface area (Å²) in [5.41, 5.74) is 4.37. The van der Waals surface area contributed by atoms with Crippen molar-refractivity contribution in [3.63, 3.8) is 0 Å². The normalized spacial score (nSPS) is 20.0. The van der Waals surface area contributed by atoms with Gasteiger partial charge < -0.3 is 0 Å². The Labute approximate surface area is 164 Å². The molecule has 27 heavy (non-hydrogen) atoms. The maximum Gasteiger partial charge on any atom is 0.155 e. The Kier molecular flexibility index (Phi) is 4.17. The molecule has 1 aromatic carbocycles. The van der Waals surface area contributed by atoms with Crippen LogP contribution in [0.1, 0.15) is 65.4 Å². The highest BCUT2D eigenvalue weighted by Crippen LogP contribution is 2.42. The summed E-state index contributed by atoms with van der Waals surface area (Å²) < 4.78 is 2.32. The second kappa shape index (κ2) is 6.57. The standard InChI is InChI=1S/C22H26N4S/c1-14-21-24-23-16(3)26(21)22-20(13-25(14)18-10-7-11-18)19(15(2)27-22)12-17-8-5-4-6-9-17/h4-6,8-9,14,18H,7,10-13H2,1-3H3/t14-/m0/s1. The van der Waals surface area contributed by atoms with Crippen molar-refractivity contribution in [2.24, 2.45) is 0 Å². The van der Waals surface area contributed by atoms with Gasteiger partial charge in [0.25, 0.3) is 0 Å². The first-order valence-electron chi connectivity index (χ1n) is 9.96. The van der Waals surface area contributed by atoms with Gasteiger partial charge in [-0.05, 0) is 51.2 Å². The molecule has 5 rings (SSSR count). The lowest BCUT2D eigenvalue weighted by Crippen LogP contribution is -2.41. The van der Waals surface area contributed by atoms with Gasteiger partial charge in [0.1, 0.15) is 10.8 Å². The summed E-state index contributed by atoms with van der Waals surface area (Å²) in [5, 5.41) is 10.4. The molecular weight excluding hydrogens is 352 g/mol. The molecule has 0 radical (unpaired) electrons. The van der Waals surface area contributed by atoms with Gasteiger partial charge in [-0.1, -0.05) is 36.8 Å². The van der Waals surface area contributed by atoms with Crippen molar-refractivity contribution in [3.8, 4) is 5.00 Å². The van der Waals surface area contributed by atoms with E-state index in [1.165, 1.54) is 45.8 Å². The van der Waals surface area contributed by atoms with E-state index in [1.807, 2.05) is 11.3 Å². The number of fused-ring (bicyclic) bond motifs is 3. The van der Waals surface area contributed by atoms with Crippen molar-refractivity contribution < 1.29 is 0 Å². The fourth-order valence-electron chi connectivity index (χ4n) is 4.52. The first kappa shape index (κ1) is 17.1. The highest BCUT2D eigenvalue weighted by Gasteiger charge is 2.37. The number of hydrogen-bond donors (Lipinski definition) is 0. The van der Waals surface area contributed by atoms with Crippen LogP contribution in [0.3, 0.4) is 0 Å². The highest BCUT2D eigenvalue weighted by molar-refractivity contribution is 7.14. The van der Waals surface area contributed by atoms with Crippen molar-refractivity contribution in [2.75, 3.05) is 0 Å². The van der Waals surface area contributed by atoms with Crippen LogP contribution in [-0.2, 0) is 13.0 Å². The van der Waals surface area contributed by atoms with Gasteiger partial charge in [0.2, 0.25) is 0 Å². The van der Waals surface area contributed by atoms with Crippen molar-refractivity contribution in [1.82, 2.24) is 19.7 Å². The van der Waals surface area contributed by atoms with E-state index in [4.69, 9.17) is 0 Å². The number of rotatable bonds is 3. The van der Waals surface area contributed by atoms with Crippen LogP contribution in [0.5, 0.6) is 0 Å². The van der Waals surface area contributed by atoms with Gasteiger partial charge in [0, 0.05) is 23.0 Å². The van der Waals surface area contributed by atoms with E-state index in [2.05, 4.69) is 70.8 Å². The molecule has 2 aliphatic rings. The number of nitrogens with zero attached hydrogens (tertiary/aromatic N) is 4. The molecule has 0 amide bonds. The monoisotopic (exact) mass is 378 g/mol. The highest BCUT2D eigenvalue weighted by atomic mass is 32.1. The molecule has 4 nitrogen and oxygen atoms in total. The molecule has 3 aromatic rings. The Balaban J connectivity index is 1.65. The molecule has 5 heteroatoms. The molecule has 0 N–H and O–H groups in total. The zero-order valence-electron chi connectivity index (χ0n) is 16.3. The molecule has 2 aromatic heterocycles. The third-order valence-electron chi connectivity index (χ3n) is 6.33. The van der Waals surface area contributed by atoms with Gasteiger partial charge in [0.05, 0.1) is 6.04 Å². The van der Waals surface area contributed by atoms with E-state index in [9.17, 15) is 0 Å². The molecule has 1 aliphatic carbocycles. The summed E-state index contributed by atoms with van der Waals surface area (Å²) in [6.45, 7) is 7.68. The number of hydrogen-bond acceptors (Lipinski definition) is 4. The minimum absolute atomic E-state index is 0.306. The van der Waals surface area contributed by atoms with Crippen LogP contribution in [0.4, 0.5) is 0 Å². The fourth-order valence-corrected chi connectivity index (χ4v) is 5.75. The number of benzene rings is 1. The van der Waals surface area contributed by atoms with Gasteiger partial charge in [-0.3, -0.25) is 9.47 Å². The summed E-state index contributed by atoms with van der Waals surface area (Å²) in [7, 11) is 0. The summed E-state index contributed by atoms with van der Waals surface area (Å²) in [4.78, 5) is 4.10. The minimum atomic E-state index is 0.306. The van der Waals surface area contributed by atoms with E-state index < -0.39 is 0 Å². The third kappa shape index (κ3) is 2.75. The lowest BCUT2D eigenvalue weighted by Gasteiger charge is -2.40. The SMILES string of the molecule is Cc1sc2c(c1Cc1ccccc1)CN(C1CCC1)[C@@H](C)c1nnc(C)n1-2. The van der Waals surface area contributed by atoms with Crippen molar-refractivity contribution in [3.05, 3.63) is 63.5 Å². The first-order chi connectivity index (χ1) is 13.1. The molecule has 1 saturated carbocycles. The minimum Gasteiger partial charge on any atom is -0.286 e. The topological polar surface area (TPSA) is 34.0 Å². The average Bonchev–Trinajstić information content (AvgIpc) is 3.11. The molecular formula is C22H26N4S. The Hall–Kier alpha value is -1.98. The molecule has 1 fully saturated rings. The van der Waals surface area contributed by atoms with Crippen LogP contribution in [0.25, 0.3) is 5.00 Å². The van der Waals surface area contributed by atoms with E-state index >= 15 is 0 Å². The summed E-state index contributed by atoms with van der Waals surface area (Å²) >= 11 is 1.91. The van der Waals surface area contributed by atoms with Crippen molar-refractivity contribution >= 4 is 11.3 Å². The van der Waals surface area contributed by atoms with Gasteiger partial charge in [0.15, 0.2) is 5.82 Å². The van der Waals surface area contributed by atoms with Crippen LogP contribution >= 0.6 is 11.3 Å². The van der Waals surface area contributed by atoms with E-state index in [1.54, 1.807) is 0 Å². The predicted octanol–water partition coefficient (Wildman–Crippen LogP) is 4.97. The van der Waals surface area contributed by atoms with Crippen LogP contribution in [0.15, 0.2) is 30.3 Å². The Morgan fingerprint density at radius 2 is 1.89 bits per heavy atom. The lowest BCUT2D eigenvalue weighted by molar-refractivity contribution is 0.0762. The molecule has 1 aliphatic heterocycles. The third-order valence-corrected chi connectivity index (χ3v) is 7.50. The maximum atomic E-state index is 4.59. The van der Waals surface area contributed by atoms with Crippen LogP contribution < -0.4 is 0 Å². The van der Waals surface area contributed by atoms with Crippen LogP contribution in [0, 0.1) is 13.8 Å². The zero-order valence-corrected chi connectivity index (χ0v) is 17.1. The molecule has 140 valence electrons. The molecule has 1 atom stereocenters. The summed E-state index contributed by atoms with van der Waals surface area (Å²) in [6.07, 6.45) is 4.97. The summed E-state index contributed by atoms with van der Waals surface area (Å²) in [5.74, 6) is 2.10. The lowest BCUT2D eigenvalue weighted by atomic mass is 9.89. The predicted molar refractivity (Wildman–Crippen MR) is 110 cm³/mol. The van der Waals surface area contributed by atoms with Crippen molar-refractivity contribution in [1.29, 1.82) is 0 Å². The molecule has 0 unspecified atom stereocenters. The summed E-state index contributed by atoms with van der Waals surface area (Å²) in [6, 6.07) is 11.8. The quantitative estimate of drug-likeness (QED) is 0.645. The zero-order chi connectivity index (χ0) is 18.5. The molecule has 0 spiro atoms. The second-order valence-corrected chi connectivity index (χ2v) is 9.16. The van der Waals surface area contributed by atoms with Gasteiger partial charge in [-0.15, -0.1) is 21.5 Å². The van der Waals surface area contributed by atoms with Crippen LogP contribution in [0.2, 0.25) is 0 Å².